The van der Waals surface area contributed by atoms with Crippen molar-refractivity contribution in [2.24, 2.45) is 17.3 Å². The molecule has 64 valence electrons. The van der Waals surface area contributed by atoms with Crippen molar-refractivity contribution in [1.82, 2.24) is 0 Å². The van der Waals surface area contributed by atoms with Crippen LogP contribution in [0.4, 0.5) is 0 Å². The van der Waals surface area contributed by atoms with Crippen molar-refractivity contribution in [2.75, 3.05) is 0 Å². The van der Waals surface area contributed by atoms with Crippen molar-refractivity contribution >= 4 is 5.97 Å². The molecule has 2 atom stereocenters. The standard InChI is InChI=1S/C9H16O2/c1-9(2,3)5-6-4-7(6)8(10)11/h6-7H,4-5H2,1-3H3,(H,10,11)/t6-,7+/m0/s1. The summed E-state index contributed by atoms with van der Waals surface area (Å²) in [4.78, 5) is 10.5. The summed E-state index contributed by atoms with van der Waals surface area (Å²) in [7, 11) is 0. The Kier molecular flexibility index (Phi) is 1.95. The van der Waals surface area contributed by atoms with E-state index in [0.717, 1.165) is 12.8 Å². The lowest BCUT2D eigenvalue weighted by Gasteiger charge is -2.17. The third kappa shape index (κ3) is 2.52. The Morgan fingerprint density at radius 2 is 2.09 bits per heavy atom. The van der Waals surface area contributed by atoms with E-state index in [1.54, 1.807) is 0 Å². The molecule has 0 unspecified atom stereocenters. The molecule has 2 nitrogen and oxygen atoms in total. The van der Waals surface area contributed by atoms with Gasteiger partial charge in [0.15, 0.2) is 0 Å². The Hall–Kier alpha value is -0.530. The van der Waals surface area contributed by atoms with Crippen molar-refractivity contribution in [3.05, 3.63) is 0 Å². The van der Waals surface area contributed by atoms with Crippen LogP contribution in [0.25, 0.3) is 0 Å². The van der Waals surface area contributed by atoms with E-state index in [4.69, 9.17) is 5.11 Å². The smallest absolute Gasteiger partial charge is 0.306 e. The number of hydrogen-bond acceptors (Lipinski definition) is 1. The summed E-state index contributed by atoms with van der Waals surface area (Å²) in [6, 6.07) is 0. The zero-order valence-corrected chi connectivity index (χ0v) is 7.42. The summed E-state index contributed by atoms with van der Waals surface area (Å²) in [5.74, 6) is -0.194. The van der Waals surface area contributed by atoms with Gasteiger partial charge in [0.05, 0.1) is 5.92 Å². The molecule has 0 spiro atoms. The summed E-state index contributed by atoms with van der Waals surface area (Å²) in [5, 5.41) is 8.62. The molecule has 11 heavy (non-hydrogen) atoms. The number of carboxylic acids is 1. The summed E-state index contributed by atoms with van der Waals surface area (Å²) < 4.78 is 0. The maximum absolute atomic E-state index is 10.5. The van der Waals surface area contributed by atoms with Crippen LogP contribution in [-0.2, 0) is 4.79 Å². The fourth-order valence-electron chi connectivity index (χ4n) is 1.56. The van der Waals surface area contributed by atoms with Crippen LogP contribution >= 0.6 is 0 Å². The number of aliphatic carboxylic acids is 1. The molecule has 0 bridgehead atoms. The molecule has 0 amide bonds. The van der Waals surface area contributed by atoms with Gasteiger partial charge in [-0.1, -0.05) is 20.8 Å². The van der Waals surface area contributed by atoms with E-state index in [-0.39, 0.29) is 11.3 Å². The van der Waals surface area contributed by atoms with Gasteiger partial charge in [-0.05, 0) is 24.2 Å². The van der Waals surface area contributed by atoms with Crippen LogP contribution in [0.3, 0.4) is 0 Å². The Bertz CT molecular complexity index is 167. The highest BCUT2D eigenvalue weighted by molar-refractivity contribution is 5.73. The van der Waals surface area contributed by atoms with E-state index in [1.165, 1.54) is 0 Å². The topological polar surface area (TPSA) is 37.3 Å². The zero-order chi connectivity index (χ0) is 8.65. The molecule has 0 radical (unpaired) electrons. The first kappa shape index (κ1) is 8.57. The van der Waals surface area contributed by atoms with Crippen LogP contribution < -0.4 is 0 Å². The van der Waals surface area contributed by atoms with E-state index >= 15 is 0 Å². The van der Waals surface area contributed by atoms with E-state index in [2.05, 4.69) is 20.8 Å². The summed E-state index contributed by atoms with van der Waals surface area (Å²) >= 11 is 0. The van der Waals surface area contributed by atoms with Crippen LogP contribution in [0, 0.1) is 17.3 Å². The average molecular weight is 156 g/mol. The summed E-state index contributed by atoms with van der Waals surface area (Å²) in [6.07, 6.45) is 1.94. The fourth-order valence-corrected chi connectivity index (χ4v) is 1.56. The lowest BCUT2D eigenvalue weighted by atomic mass is 9.89. The average Bonchev–Trinajstić information content (AvgIpc) is 2.40. The monoisotopic (exact) mass is 156 g/mol. The van der Waals surface area contributed by atoms with Crippen molar-refractivity contribution in [3.63, 3.8) is 0 Å². The van der Waals surface area contributed by atoms with Gasteiger partial charge in [-0.2, -0.15) is 0 Å². The second kappa shape index (κ2) is 2.50. The first-order valence-electron chi connectivity index (χ1n) is 4.13. The Morgan fingerprint density at radius 1 is 1.55 bits per heavy atom. The van der Waals surface area contributed by atoms with Crippen LogP contribution in [0.15, 0.2) is 0 Å². The molecule has 1 rings (SSSR count). The first-order chi connectivity index (χ1) is 4.90. The molecule has 2 heteroatoms. The second-order valence-electron chi connectivity index (χ2n) is 4.71. The predicted octanol–water partition coefficient (Wildman–Crippen LogP) is 2.14. The minimum absolute atomic E-state index is 0.0331. The molecule has 0 aromatic carbocycles. The van der Waals surface area contributed by atoms with Gasteiger partial charge in [0, 0.05) is 0 Å². The Balaban J connectivity index is 2.29. The lowest BCUT2D eigenvalue weighted by Crippen LogP contribution is -2.08. The molecule has 1 fully saturated rings. The molecular formula is C9H16O2. The number of hydrogen-bond donors (Lipinski definition) is 1. The van der Waals surface area contributed by atoms with Crippen molar-refractivity contribution in [2.45, 2.75) is 33.6 Å². The third-order valence-electron chi connectivity index (χ3n) is 2.11. The van der Waals surface area contributed by atoms with Gasteiger partial charge in [0.25, 0.3) is 0 Å². The molecular weight excluding hydrogens is 140 g/mol. The Morgan fingerprint density at radius 3 is 2.36 bits per heavy atom. The Labute approximate surface area is 67.6 Å². The molecule has 1 N–H and O–H groups in total. The van der Waals surface area contributed by atoms with Crippen LogP contribution in [-0.4, -0.2) is 11.1 Å². The molecule has 0 aromatic rings. The van der Waals surface area contributed by atoms with Crippen LogP contribution in [0.2, 0.25) is 0 Å². The van der Waals surface area contributed by atoms with E-state index < -0.39 is 5.97 Å². The molecule has 1 aliphatic rings. The zero-order valence-electron chi connectivity index (χ0n) is 7.42. The highest BCUT2D eigenvalue weighted by Crippen LogP contribution is 2.46. The molecule has 0 aromatic heterocycles. The van der Waals surface area contributed by atoms with E-state index in [9.17, 15) is 4.79 Å². The summed E-state index contributed by atoms with van der Waals surface area (Å²) in [6.45, 7) is 6.47. The van der Waals surface area contributed by atoms with E-state index in [1.807, 2.05) is 0 Å². The number of carbonyl (C=O) groups is 1. The van der Waals surface area contributed by atoms with Gasteiger partial charge in [-0.3, -0.25) is 4.79 Å². The maximum Gasteiger partial charge on any atom is 0.306 e. The number of carboxylic acid groups (broad SMARTS) is 1. The minimum Gasteiger partial charge on any atom is -0.481 e. The fraction of sp³-hybridized carbons (Fsp3) is 0.889. The van der Waals surface area contributed by atoms with Crippen molar-refractivity contribution < 1.29 is 9.90 Å². The number of rotatable bonds is 2. The van der Waals surface area contributed by atoms with Gasteiger partial charge in [-0.15, -0.1) is 0 Å². The van der Waals surface area contributed by atoms with E-state index in [0.29, 0.717) is 5.92 Å². The van der Waals surface area contributed by atoms with Crippen LogP contribution in [0.1, 0.15) is 33.6 Å². The quantitative estimate of drug-likeness (QED) is 0.665. The van der Waals surface area contributed by atoms with Crippen molar-refractivity contribution in [1.29, 1.82) is 0 Å². The first-order valence-corrected chi connectivity index (χ1v) is 4.13. The normalized spacial score (nSPS) is 30.1. The lowest BCUT2D eigenvalue weighted by molar-refractivity contribution is -0.138. The molecule has 0 heterocycles. The molecule has 0 saturated heterocycles. The SMILES string of the molecule is CC(C)(C)C[C@@H]1C[C@H]1C(=O)O. The molecule has 0 aliphatic heterocycles. The van der Waals surface area contributed by atoms with Gasteiger partial charge in [-0.25, -0.2) is 0 Å². The van der Waals surface area contributed by atoms with Gasteiger partial charge < -0.3 is 5.11 Å². The highest BCUT2D eigenvalue weighted by Gasteiger charge is 2.44. The van der Waals surface area contributed by atoms with Gasteiger partial charge in [0.2, 0.25) is 0 Å². The second-order valence-corrected chi connectivity index (χ2v) is 4.71. The van der Waals surface area contributed by atoms with Gasteiger partial charge >= 0.3 is 5.97 Å². The molecule has 1 saturated carbocycles. The molecule has 1 aliphatic carbocycles. The third-order valence-corrected chi connectivity index (χ3v) is 2.11. The van der Waals surface area contributed by atoms with Gasteiger partial charge in [0.1, 0.15) is 0 Å². The summed E-state index contributed by atoms with van der Waals surface area (Å²) in [5.41, 5.74) is 0.287. The maximum atomic E-state index is 10.5. The largest absolute Gasteiger partial charge is 0.481 e. The predicted molar refractivity (Wildman–Crippen MR) is 43.3 cm³/mol. The minimum atomic E-state index is -0.612. The van der Waals surface area contributed by atoms with Crippen LogP contribution in [0.5, 0.6) is 0 Å². The van der Waals surface area contributed by atoms with Crippen molar-refractivity contribution in [3.8, 4) is 0 Å². The highest BCUT2D eigenvalue weighted by atomic mass is 16.4.